The number of carboxylic acid groups (broad SMARTS) is 1. The molecule has 0 aliphatic heterocycles. The highest BCUT2D eigenvalue weighted by molar-refractivity contribution is 5.71. The Morgan fingerprint density at radius 2 is 0.838 bits per heavy atom. The molecule has 9 heteroatoms. The Morgan fingerprint density at radius 3 is 1.26 bits per heavy atom. The van der Waals surface area contributed by atoms with Gasteiger partial charge in [-0.15, -0.1) is 0 Å². The lowest BCUT2D eigenvalue weighted by atomic mass is 10.1. The van der Waals surface area contributed by atoms with Gasteiger partial charge in [0.1, 0.15) is 13.2 Å². The van der Waals surface area contributed by atoms with Gasteiger partial charge in [0.25, 0.3) is 6.29 Å². The minimum Gasteiger partial charge on any atom is -0.477 e. The van der Waals surface area contributed by atoms with E-state index in [0.29, 0.717) is 17.4 Å². The number of esters is 2. The molecule has 0 heterocycles. The van der Waals surface area contributed by atoms with Crippen molar-refractivity contribution in [2.75, 3.05) is 47.5 Å². The molecule has 0 aromatic rings. The average Bonchev–Trinajstić information content (AvgIpc) is 3.30. The maximum absolute atomic E-state index is 12.8. The lowest BCUT2D eigenvalue weighted by molar-refractivity contribution is -0.870. The largest absolute Gasteiger partial charge is 0.477 e. The molecule has 0 spiro atoms. The van der Waals surface area contributed by atoms with Crippen LogP contribution < -0.4 is 0 Å². The number of unbranched alkanes of at least 4 members (excludes halogenated alkanes) is 14. The predicted octanol–water partition coefficient (Wildman–Crippen LogP) is 15.2. The Morgan fingerprint density at radius 1 is 0.456 bits per heavy atom. The van der Waals surface area contributed by atoms with Crippen LogP contribution in [0.3, 0.4) is 0 Å². The molecule has 2 unspecified atom stereocenters. The zero-order valence-corrected chi connectivity index (χ0v) is 43.7. The summed E-state index contributed by atoms with van der Waals surface area (Å²) >= 11 is 0. The molecule has 0 aromatic heterocycles. The first-order chi connectivity index (χ1) is 33.1. The number of likely N-dealkylation sites (N-methyl/N-ethyl adjacent to an activating group) is 1. The van der Waals surface area contributed by atoms with Crippen molar-refractivity contribution in [2.45, 2.75) is 200 Å². The van der Waals surface area contributed by atoms with E-state index in [0.717, 1.165) is 128 Å². The van der Waals surface area contributed by atoms with Crippen LogP contribution in [0.15, 0.2) is 109 Å². The predicted molar refractivity (Wildman–Crippen MR) is 285 cm³/mol. The molecule has 0 fully saturated rings. The number of hydrogen-bond acceptors (Lipinski definition) is 7. The van der Waals surface area contributed by atoms with Gasteiger partial charge in [0.15, 0.2) is 6.10 Å². The number of carbonyl (C=O) groups is 3. The van der Waals surface area contributed by atoms with Crippen molar-refractivity contribution in [2.24, 2.45) is 0 Å². The number of rotatable bonds is 47. The van der Waals surface area contributed by atoms with Crippen LogP contribution in [0.2, 0.25) is 0 Å². The summed E-state index contributed by atoms with van der Waals surface area (Å²) in [5.41, 5.74) is 0. The molecule has 0 aromatic carbocycles. The molecule has 0 saturated carbocycles. The molecule has 1 N–H and O–H groups in total. The van der Waals surface area contributed by atoms with Crippen molar-refractivity contribution in [3.05, 3.63) is 109 Å². The minimum atomic E-state index is -1.52. The van der Waals surface area contributed by atoms with Crippen molar-refractivity contribution < 1.29 is 42.9 Å². The summed E-state index contributed by atoms with van der Waals surface area (Å²) in [6.07, 6.45) is 64.5. The van der Waals surface area contributed by atoms with E-state index in [-0.39, 0.29) is 38.6 Å². The van der Waals surface area contributed by atoms with Crippen molar-refractivity contribution >= 4 is 17.9 Å². The van der Waals surface area contributed by atoms with Crippen LogP contribution in [0, 0.1) is 0 Å². The van der Waals surface area contributed by atoms with E-state index in [1.165, 1.54) is 25.7 Å². The number of allylic oxidation sites excluding steroid dienone is 18. The van der Waals surface area contributed by atoms with Gasteiger partial charge in [-0.3, -0.25) is 9.59 Å². The number of hydrogen-bond donors (Lipinski definition) is 1. The van der Waals surface area contributed by atoms with Crippen molar-refractivity contribution in [3.63, 3.8) is 0 Å². The van der Waals surface area contributed by atoms with Gasteiger partial charge in [-0.1, -0.05) is 181 Å². The van der Waals surface area contributed by atoms with Crippen molar-refractivity contribution in [1.82, 2.24) is 0 Å². The lowest BCUT2D eigenvalue weighted by Gasteiger charge is -2.25. The van der Waals surface area contributed by atoms with Gasteiger partial charge in [-0.2, -0.15) is 0 Å². The van der Waals surface area contributed by atoms with Crippen LogP contribution in [0.1, 0.15) is 187 Å². The topological polar surface area (TPSA) is 108 Å². The quantitative estimate of drug-likeness (QED) is 0.0211. The Hall–Kier alpha value is -4.05. The summed E-state index contributed by atoms with van der Waals surface area (Å²) in [5.74, 6) is -2.05. The van der Waals surface area contributed by atoms with Crippen LogP contribution in [-0.2, 0) is 33.3 Å². The normalized spacial score (nSPS) is 13.7. The Kier molecular flexibility index (Phi) is 46.4. The van der Waals surface area contributed by atoms with Crippen LogP contribution in [0.25, 0.3) is 0 Å². The zero-order valence-electron chi connectivity index (χ0n) is 43.7. The number of aliphatic carboxylic acids is 1. The fourth-order valence-electron chi connectivity index (χ4n) is 6.67. The molecule has 0 aliphatic carbocycles. The second-order valence-electron chi connectivity index (χ2n) is 18.4. The van der Waals surface area contributed by atoms with E-state index in [1.54, 1.807) is 0 Å². The molecule has 0 radical (unpaired) electrons. The molecule has 386 valence electrons. The van der Waals surface area contributed by atoms with E-state index >= 15 is 0 Å². The third-order valence-corrected chi connectivity index (χ3v) is 10.8. The standard InChI is InChI=1S/C59H97NO8/c1-6-8-10-12-14-16-18-20-21-22-23-24-25-26-27-28-29-30-31-32-33-34-35-36-37-38-40-42-44-46-48-50-57(62)68-55(54-67-59(58(63)64)65-52-51-60(3,4)5)53-66-56(61)49-47-45-43-41-39-19-17-15-13-11-9-7-2/h8,10,14-17,20-21,23-24,26-27,29-30,32-33,35-36,55,59H,6-7,9,11-13,18-19,22,25,28,31,34,37-54H2,1-5H3/p+1/b10-8-,16-14-,17-15-,21-20-,24-23-,27-26-,30-29-,33-32-,36-35-. The Bertz CT molecular complexity index is 1480. The molecule has 0 rings (SSSR count). The fraction of sp³-hybridized carbons (Fsp3) is 0.644. The molecule has 0 saturated heterocycles. The van der Waals surface area contributed by atoms with Gasteiger partial charge in [0, 0.05) is 12.8 Å². The van der Waals surface area contributed by atoms with Crippen LogP contribution in [0.4, 0.5) is 0 Å². The van der Waals surface area contributed by atoms with Gasteiger partial charge >= 0.3 is 17.9 Å². The monoisotopic (exact) mass is 949 g/mol. The van der Waals surface area contributed by atoms with Gasteiger partial charge in [-0.25, -0.2) is 4.79 Å². The maximum Gasteiger partial charge on any atom is 0.361 e. The van der Waals surface area contributed by atoms with E-state index in [1.807, 2.05) is 21.1 Å². The van der Waals surface area contributed by atoms with E-state index < -0.39 is 24.3 Å². The molecule has 0 amide bonds. The molecular weight excluding hydrogens is 851 g/mol. The zero-order chi connectivity index (χ0) is 49.9. The Labute approximate surface area is 415 Å². The van der Waals surface area contributed by atoms with Gasteiger partial charge < -0.3 is 28.5 Å². The molecule has 0 bridgehead atoms. The third-order valence-electron chi connectivity index (χ3n) is 10.8. The summed E-state index contributed by atoms with van der Waals surface area (Å²) in [6, 6.07) is 0. The first kappa shape index (κ1) is 64.0. The third kappa shape index (κ3) is 49.8. The van der Waals surface area contributed by atoms with E-state index in [4.69, 9.17) is 18.9 Å². The van der Waals surface area contributed by atoms with Crippen LogP contribution in [-0.4, -0.2) is 87.4 Å². The summed E-state index contributed by atoms with van der Waals surface area (Å²) in [5, 5.41) is 9.66. The number of quaternary nitrogens is 1. The number of nitrogens with zero attached hydrogens (tertiary/aromatic N) is 1. The minimum absolute atomic E-state index is 0.177. The number of ether oxygens (including phenoxy) is 4. The fourth-order valence-corrected chi connectivity index (χ4v) is 6.67. The van der Waals surface area contributed by atoms with Crippen molar-refractivity contribution in [1.29, 1.82) is 0 Å². The average molecular weight is 949 g/mol. The summed E-state index contributed by atoms with van der Waals surface area (Å²) < 4.78 is 22.7. The van der Waals surface area contributed by atoms with Gasteiger partial charge in [0.2, 0.25) is 0 Å². The highest BCUT2D eigenvalue weighted by atomic mass is 16.7. The summed E-state index contributed by atoms with van der Waals surface area (Å²) in [7, 11) is 5.94. The highest BCUT2D eigenvalue weighted by Gasteiger charge is 2.25. The van der Waals surface area contributed by atoms with E-state index in [2.05, 4.69) is 123 Å². The smallest absolute Gasteiger partial charge is 0.361 e. The molecular formula is C59H98NO8+. The second kappa shape index (κ2) is 49.4. The number of carbonyl (C=O) groups excluding carboxylic acids is 2. The van der Waals surface area contributed by atoms with Crippen LogP contribution >= 0.6 is 0 Å². The maximum atomic E-state index is 12.8. The molecule has 9 nitrogen and oxygen atoms in total. The SMILES string of the molecule is CC/C=C\C/C=C\C/C=C\C/C=C\C/C=C\C/C=C\C/C=C\C/C=C\CCCCCCCCC(=O)OC(COC(=O)CCCCCCC/C=C\CCCCC)COC(OCC[N+](C)(C)C)C(=O)O. The highest BCUT2D eigenvalue weighted by Crippen LogP contribution is 2.13. The lowest BCUT2D eigenvalue weighted by Crippen LogP contribution is -2.40. The summed E-state index contributed by atoms with van der Waals surface area (Å²) in [4.78, 5) is 37.2. The Balaban J connectivity index is 4.31. The second-order valence-corrected chi connectivity index (χ2v) is 18.4. The molecule has 68 heavy (non-hydrogen) atoms. The van der Waals surface area contributed by atoms with Gasteiger partial charge in [0.05, 0.1) is 34.4 Å². The first-order valence-corrected chi connectivity index (χ1v) is 26.6. The van der Waals surface area contributed by atoms with Crippen molar-refractivity contribution in [3.8, 4) is 0 Å². The first-order valence-electron chi connectivity index (χ1n) is 26.6. The van der Waals surface area contributed by atoms with Crippen LogP contribution in [0.5, 0.6) is 0 Å². The van der Waals surface area contributed by atoms with E-state index in [9.17, 15) is 19.5 Å². The summed E-state index contributed by atoms with van der Waals surface area (Å²) in [6.45, 7) is 4.68. The number of carboxylic acids is 1. The molecule has 2 atom stereocenters. The molecule has 0 aliphatic rings. The van der Waals surface area contributed by atoms with Gasteiger partial charge in [-0.05, 0) is 103 Å².